The highest BCUT2D eigenvalue weighted by Gasteiger charge is 2.27. The van der Waals surface area contributed by atoms with Crippen molar-refractivity contribution < 1.29 is 13.2 Å². The SMILES string of the molecule is NCCCCCCCCCCc1ccc(CC(F)(F)F)cc1. The summed E-state index contributed by atoms with van der Waals surface area (Å²) in [5.74, 6) is 0. The van der Waals surface area contributed by atoms with Gasteiger partial charge in [-0.3, -0.25) is 0 Å². The smallest absolute Gasteiger partial charge is 0.330 e. The van der Waals surface area contributed by atoms with Crippen LogP contribution in [0.4, 0.5) is 13.2 Å². The van der Waals surface area contributed by atoms with Crippen LogP contribution in [0.5, 0.6) is 0 Å². The molecule has 0 saturated carbocycles. The van der Waals surface area contributed by atoms with E-state index in [2.05, 4.69) is 0 Å². The molecule has 0 spiro atoms. The molecule has 2 N–H and O–H groups in total. The third kappa shape index (κ3) is 9.82. The summed E-state index contributed by atoms with van der Waals surface area (Å²) in [5, 5.41) is 0. The molecule has 22 heavy (non-hydrogen) atoms. The van der Waals surface area contributed by atoms with Crippen LogP contribution in [0, 0.1) is 0 Å². The molecular formula is C18H28F3N. The molecule has 0 aliphatic heterocycles. The molecule has 0 fully saturated rings. The van der Waals surface area contributed by atoms with Crippen LogP contribution in [0.25, 0.3) is 0 Å². The lowest BCUT2D eigenvalue weighted by Crippen LogP contribution is -2.11. The van der Waals surface area contributed by atoms with Crippen molar-refractivity contribution in [1.82, 2.24) is 0 Å². The Hall–Kier alpha value is -1.03. The Morgan fingerprint density at radius 1 is 0.682 bits per heavy atom. The second-order valence-electron chi connectivity index (χ2n) is 5.98. The van der Waals surface area contributed by atoms with E-state index in [4.69, 9.17) is 5.73 Å². The van der Waals surface area contributed by atoms with E-state index in [0.29, 0.717) is 5.56 Å². The molecule has 0 bridgehead atoms. The van der Waals surface area contributed by atoms with Gasteiger partial charge in [0.05, 0.1) is 6.42 Å². The first-order valence-electron chi connectivity index (χ1n) is 8.36. The molecule has 4 heteroatoms. The Kier molecular flexibility index (Phi) is 9.21. The van der Waals surface area contributed by atoms with Crippen LogP contribution in [0.15, 0.2) is 24.3 Å². The van der Waals surface area contributed by atoms with Crippen LogP contribution >= 0.6 is 0 Å². The van der Waals surface area contributed by atoms with Gasteiger partial charge >= 0.3 is 6.18 Å². The fourth-order valence-electron chi connectivity index (χ4n) is 2.59. The Balaban J connectivity index is 2.08. The van der Waals surface area contributed by atoms with Crippen LogP contribution in [0.1, 0.15) is 62.5 Å². The van der Waals surface area contributed by atoms with Crippen LogP contribution in [-0.4, -0.2) is 12.7 Å². The fourth-order valence-corrected chi connectivity index (χ4v) is 2.59. The average Bonchev–Trinajstić information content (AvgIpc) is 2.46. The normalized spacial score (nSPS) is 11.8. The number of unbranched alkanes of at least 4 members (excludes halogenated alkanes) is 7. The fraction of sp³-hybridized carbons (Fsp3) is 0.667. The minimum Gasteiger partial charge on any atom is -0.330 e. The quantitative estimate of drug-likeness (QED) is 0.543. The summed E-state index contributed by atoms with van der Waals surface area (Å²) < 4.78 is 36.8. The van der Waals surface area contributed by atoms with Gasteiger partial charge in [0.2, 0.25) is 0 Å². The molecule has 1 nitrogen and oxygen atoms in total. The molecule has 0 aromatic heterocycles. The summed E-state index contributed by atoms with van der Waals surface area (Å²) in [5.41, 5.74) is 6.92. The number of hydrogen-bond donors (Lipinski definition) is 1. The van der Waals surface area contributed by atoms with Gasteiger partial charge in [-0.05, 0) is 36.9 Å². The first-order valence-corrected chi connectivity index (χ1v) is 8.36. The van der Waals surface area contributed by atoms with E-state index in [0.717, 1.165) is 31.4 Å². The molecule has 126 valence electrons. The molecule has 0 amide bonds. The maximum absolute atomic E-state index is 12.3. The van der Waals surface area contributed by atoms with Gasteiger partial charge in [-0.2, -0.15) is 13.2 Å². The van der Waals surface area contributed by atoms with Crippen LogP contribution in [0.3, 0.4) is 0 Å². The lowest BCUT2D eigenvalue weighted by atomic mass is 10.0. The second-order valence-corrected chi connectivity index (χ2v) is 5.98. The first kappa shape index (κ1) is 19.0. The molecule has 1 rings (SSSR count). The summed E-state index contributed by atoms with van der Waals surface area (Å²) in [7, 11) is 0. The topological polar surface area (TPSA) is 26.0 Å². The van der Waals surface area contributed by atoms with E-state index >= 15 is 0 Å². The molecule has 0 atom stereocenters. The summed E-state index contributed by atoms with van der Waals surface area (Å²) in [6.45, 7) is 0.793. The van der Waals surface area contributed by atoms with E-state index in [9.17, 15) is 13.2 Å². The standard InChI is InChI=1S/C18H28F3N/c19-18(20,21)15-17-12-10-16(11-13-17)9-7-5-3-1-2-4-6-8-14-22/h10-13H,1-9,14-15,22H2. The van der Waals surface area contributed by atoms with Crippen molar-refractivity contribution in [3.63, 3.8) is 0 Å². The van der Waals surface area contributed by atoms with Crippen molar-refractivity contribution in [1.29, 1.82) is 0 Å². The highest BCUT2D eigenvalue weighted by Crippen LogP contribution is 2.21. The predicted molar refractivity (Wildman–Crippen MR) is 85.9 cm³/mol. The number of benzene rings is 1. The van der Waals surface area contributed by atoms with Gasteiger partial charge in [-0.1, -0.05) is 62.8 Å². The summed E-state index contributed by atoms with van der Waals surface area (Å²) >= 11 is 0. The molecule has 0 aliphatic rings. The summed E-state index contributed by atoms with van der Waals surface area (Å²) in [6, 6.07) is 6.85. The zero-order valence-corrected chi connectivity index (χ0v) is 13.3. The van der Waals surface area contributed by atoms with Crippen molar-refractivity contribution >= 4 is 0 Å². The van der Waals surface area contributed by atoms with Crippen molar-refractivity contribution in [2.75, 3.05) is 6.54 Å². The third-order valence-corrected chi connectivity index (χ3v) is 3.85. The van der Waals surface area contributed by atoms with E-state index in [1.54, 1.807) is 12.1 Å². The van der Waals surface area contributed by atoms with Crippen molar-refractivity contribution in [2.45, 2.75) is 70.4 Å². The minimum absolute atomic E-state index is 0.341. The second kappa shape index (κ2) is 10.7. The summed E-state index contributed by atoms with van der Waals surface area (Å²) in [6.07, 6.45) is 5.75. The molecular weight excluding hydrogens is 287 g/mol. The van der Waals surface area contributed by atoms with Crippen molar-refractivity contribution in [3.8, 4) is 0 Å². The van der Waals surface area contributed by atoms with Gasteiger partial charge in [-0.15, -0.1) is 0 Å². The number of nitrogens with two attached hydrogens (primary N) is 1. The van der Waals surface area contributed by atoms with Gasteiger partial charge in [-0.25, -0.2) is 0 Å². The lowest BCUT2D eigenvalue weighted by molar-refractivity contribution is -0.127. The number of rotatable bonds is 11. The Morgan fingerprint density at radius 3 is 1.64 bits per heavy atom. The van der Waals surface area contributed by atoms with E-state index in [-0.39, 0.29) is 0 Å². The van der Waals surface area contributed by atoms with Crippen LogP contribution in [0.2, 0.25) is 0 Å². The average molecular weight is 315 g/mol. The molecule has 0 radical (unpaired) electrons. The van der Waals surface area contributed by atoms with Crippen LogP contribution < -0.4 is 5.73 Å². The molecule has 0 saturated heterocycles. The molecule has 0 unspecified atom stereocenters. The van der Waals surface area contributed by atoms with Gasteiger partial charge in [0, 0.05) is 0 Å². The molecule has 0 aliphatic carbocycles. The van der Waals surface area contributed by atoms with Crippen LogP contribution in [-0.2, 0) is 12.8 Å². The number of alkyl halides is 3. The van der Waals surface area contributed by atoms with Gasteiger partial charge in [0.25, 0.3) is 0 Å². The molecule has 1 aromatic carbocycles. The largest absolute Gasteiger partial charge is 0.393 e. The maximum atomic E-state index is 12.3. The Bertz CT molecular complexity index is 384. The molecule has 1 aromatic rings. The van der Waals surface area contributed by atoms with Gasteiger partial charge in [0.1, 0.15) is 0 Å². The highest BCUT2D eigenvalue weighted by atomic mass is 19.4. The minimum atomic E-state index is -4.12. The number of hydrogen-bond acceptors (Lipinski definition) is 1. The number of aryl methyl sites for hydroxylation is 1. The third-order valence-electron chi connectivity index (χ3n) is 3.85. The molecule has 0 heterocycles. The predicted octanol–water partition coefficient (Wildman–Crippen LogP) is 5.41. The number of halogens is 3. The maximum Gasteiger partial charge on any atom is 0.393 e. The summed E-state index contributed by atoms with van der Waals surface area (Å²) in [4.78, 5) is 0. The highest BCUT2D eigenvalue weighted by molar-refractivity contribution is 5.23. The zero-order chi connectivity index (χ0) is 16.3. The Morgan fingerprint density at radius 2 is 1.14 bits per heavy atom. The van der Waals surface area contributed by atoms with E-state index in [1.165, 1.54) is 38.5 Å². The first-order chi connectivity index (χ1) is 10.5. The lowest BCUT2D eigenvalue weighted by Gasteiger charge is -2.07. The monoisotopic (exact) mass is 315 g/mol. The zero-order valence-electron chi connectivity index (χ0n) is 13.3. The van der Waals surface area contributed by atoms with E-state index < -0.39 is 12.6 Å². The Labute approximate surface area is 132 Å². The van der Waals surface area contributed by atoms with E-state index in [1.807, 2.05) is 12.1 Å². The van der Waals surface area contributed by atoms with Gasteiger partial charge in [0.15, 0.2) is 0 Å². The van der Waals surface area contributed by atoms with Crippen molar-refractivity contribution in [3.05, 3.63) is 35.4 Å². The van der Waals surface area contributed by atoms with Gasteiger partial charge < -0.3 is 5.73 Å². The van der Waals surface area contributed by atoms with Crippen molar-refractivity contribution in [2.24, 2.45) is 5.73 Å².